The average molecular weight is 431 g/mol. The number of nitrogens with one attached hydrogen (secondary N) is 1. The van der Waals surface area contributed by atoms with E-state index >= 15 is 0 Å². The molecule has 31 heavy (non-hydrogen) atoms. The van der Waals surface area contributed by atoms with E-state index < -0.39 is 0 Å². The monoisotopic (exact) mass is 430 g/mol. The van der Waals surface area contributed by atoms with Crippen LogP contribution in [0.5, 0.6) is 5.75 Å². The minimum absolute atomic E-state index is 0.00489. The summed E-state index contributed by atoms with van der Waals surface area (Å²) >= 11 is 5.67. The third-order valence-corrected chi connectivity index (χ3v) is 5.05. The topological polar surface area (TPSA) is 61.1 Å². The lowest BCUT2D eigenvalue weighted by molar-refractivity contribution is -0.116. The van der Waals surface area contributed by atoms with Crippen LogP contribution >= 0.6 is 12.2 Å². The Bertz CT molecular complexity index is 1220. The van der Waals surface area contributed by atoms with E-state index in [0.717, 1.165) is 22.7 Å². The Kier molecular flexibility index (Phi) is 6.24. The molecule has 1 heterocycles. The summed E-state index contributed by atoms with van der Waals surface area (Å²) in [6.07, 6.45) is 0. The molecule has 156 valence electrons. The molecule has 4 rings (SSSR count). The molecule has 0 spiro atoms. The molecule has 0 aliphatic heterocycles. The van der Waals surface area contributed by atoms with Crippen molar-refractivity contribution in [1.29, 1.82) is 0 Å². The molecular weight excluding hydrogens is 408 g/mol. The first-order valence-corrected chi connectivity index (χ1v) is 10.3. The summed E-state index contributed by atoms with van der Waals surface area (Å²) < 4.78 is 9.70. The van der Waals surface area contributed by atoms with E-state index in [0.29, 0.717) is 10.6 Å². The van der Waals surface area contributed by atoms with Crippen LogP contribution in [0.4, 0.5) is 5.69 Å². The van der Waals surface area contributed by atoms with Crippen LogP contribution in [0, 0.1) is 11.7 Å². The highest BCUT2D eigenvalue weighted by Crippen LogP contribution is 2.17. The van der Waals surface area contributed by atoms with Crippen LogP contribution in [0.1, 0.15) is 11.4 Å². The van der Waals surface area contributed by atoms with Gasteiger partial charge in [0.1, 0.15) is 18.9 Å². The van der Waals surface area contributed by atoms with Gasteiger partial charge in [0, 0.05) is 11.4 Å². The smallest absolute Gasteiger partial charge is 0.246 e. The van der Waals surface area contributed by atoms with Gasteiger partial charge >= 0.3 is 0 Å². The van der Waals surface area contributed by atoms with Crippen molar-refractivity contribution in [3.63, 3.8) is 0 Å². The van der Waals surface area contributed by atoms with Crippen molar-refractivity contribution in [1.82, 2.24) is 14.3 Å². The number of ether oxygens (including phenoxy) is 1. The van der Waals surface area contributed by atoms with Gasteiger partial charge in [-0.3, -0.25) is 9.36 Å². The van der Waals surface area contributed by atoms with E-state index in [1.165, 1.54) is 4.68 Å². The van der Waals surface area contributed by atoms with E-state index in [1.807, 2.05) is 96.4 Å². The number of carbonyl (C=O) groups excluding carboxylic acids is 1. The number of para-hydroxylation sites is 2. The summed E-state index contributed by atoms with van der Waals surface area (Å²) in [6, 6.07) is 26.8. The van der Waals surface area contributed by atoms with E-state index in [4.69, 9.17) is 17.0 Å². The number of anilines is 1. The van der Waals surface area contributed by atoms with Crippen LogP contribution in [-0.2, 0) is 17.9 Å². The molecule has 0 bridgehead atoms. The predicted octanol–water partition coefficient (Wildman–Crippen LogP) is 4.93. The Morgan fingerprint density at radius 1 is 0.968 bits per heavy atom. The van der Waals surface area contributed by atoms with Crippen LogP contribution in [-0.4, -0.2) is 20.3 Å². The molecule has 7 heteroatoms. The molecule has 0 radical (unpaired) electrons. The molecule has 0 aliphatic rings. The molecule has 1 N–H and O–H groups in total. The Balaban J connectivity index is 1.62. The fourth-order valence-electron chi connectivity index (χ4n) is 3.12. The summed E-state index contributed by atoms with van der Waals surface area (Å²) in [5, 5.41) is 7.46. The lowest BCUT2D eigenvalue weighted by atomic mass is 10.2. The lowest BCUT2D eigenvalue weighted by Crippen LogP contribution is -2.19. The third-order valence-electron chi connectivity index (χ3n) is 4.66. The summed E-state index contributed by atoms with van der Waals surface area (Å²) in [5.74, 6) is 1.15. The predicted molar refractivity (Wildman–Crippen MR) is 123 cm³/mol. The third kappa shape index (κ3) is 5.07. The summed E-state index contributed by atoms with van der Waals surface area (Å²) in [7, 11) is 0. The van der Waals surface area contributed by atoms with Gasteiger partial charge in [0.05, 0.1) is 0 Å². The van der Waals surface area contributed by atoms with Gasteiger partial charge < -0.3 is 10.1 Å². The molecule has 0 atom stereocenters. The molecular formula is C24H22N4O2S. The van der Waals surface area contributed by atoms with Crippen molar-refractivity contribution in [3.8, 4) is 11.4 Å². The molecule has 0 saturated heterocycles. The van der Waals surface area contributed by atoms with Gasteiger partial charge in [-0.05, 0) is 55.5 Å². The van der Waals surface area contributed by atoms with E-state index in [2.05, 4.69) is 10.4 Å². The molecule has 0 saturated carbocycles. The van der Waals surface area contributed by atoms with Gasteiger partial charge in [-0.2, -0.15) is 5.10 Å². The van der Waals surface area contributed by atoms with Gasteiger partial charge in [-0.25, -0.2) is 4.68 Å². The Morgan fingerprint density at radius 3 is 2.29 bits per heavy atom. The van der Waals surface area contributed by atoms with E-state index in [-0.39, 0.29) is 19.1 Å². The zero-order valence-electron chi connectivity index (χ0n) is 17.1. The average Bonchev–Trinajstić information content (AvgIpc) is 3.09. The van der Waals surface area contributed by atoms with E-state index in [9.17, 15) is 4.79 Å². The maximum atomic E-state index is 12.6. The number of hydrogen-bond acceptors (Lipinski definition) is 4. The zero-order valence-corrected chi connectivity index (χ0v) is 17.9. The number of aryl methyl sites for hydroxylation is 1. The Hall–Kier alpha value is -3.71. The standard InChI is InChI=1S/C24H22N4O2S/c1-18-12-14-20(15-13-18)28-22(17-30-21-10-6-3-7-11-21)26-27(24(28)31)16-23(29)25-19-8-4-2-5-9-19/h2-15H,16-17H2,1H3,(H,25,29). The van der Waals surface area contributed by atoms with Gasteiger partial charge in [-0.1, -0.05) is 54.1 Å². The van der Waals surface area contributed by atoms with Crippen LogP contribution in [0.15, 0.2) is 84.9 Å². The number of amides is 1. The zero-order chi connectivity index (χ0) is 21.6. The van der Waals surface area contributed by atoms with Gasteiger partial charge in [0.2, 0.25) is 10.7 Å². The maximum absolute atomic E-state index is 12.6. The van der Waals surface area contributed by atoms with Crippen molar-refractivity contribution >= 4 is 23.8 Å². The fourth-order valence-corrected chi connectivity index (χ4v) is 3.44. The molecule has 6 nitrogen and oxygen atoms in total. The summed E-state index contributed by atoms with van der Waals surface area (Å²) in [5.41, 5.74) is 2.74. The number of benzene rings is 3. The largest absolute Gasteiger partial charge is 0.486 e. The second-order valence-electron chi connectivity index (χ2n) is 7.04. The van der Waals surface area contributed by atoms with Crippen molar-refractivity contribution in [2.24, 2.45) is 0 Å². The van der Waals surface area contributed by atoms with Gasteiger partial charge in [0.15, 0.2) is 5.82 Å². The molecule has 1 amide bonds. The highest BCUT2D eigenvalue weighted by molar-refractivity contribution is 7.71. The normalized spacial score (nSPS) is 10.6. The fraction of sp³-hybridized carbons (Fsp3) is 0.125. The highest BCUT2D eigenvalue weighted by atomic mass is 32.1. The number of carbonyl (C=O) groups is 1. The van der Waals surface area contributed by atoms with Crippen molar-refractivity contribution in [2.45, 2.75) is 20.1 Å². The number of aromatic nitrogens is 3. The molecule has 3 aromatic carbocycles. The van der Waals surface area contributed by atoms with Gasteiger partial charge in [0.25, 0.3) is 0 Å². The van der Waals surface area contributed by atoms with Crippen molar-refractivity contribution < 1.29 is 9.53 Å². The van der Waals surface area contributed by atoms with Crippen LogP contribution in [0.3, 0.4) is 0 Å². The number of nitrogens with zero attached hydrogens (tertiary/aromatic N) is 3. The molecule has 0 fully saturated rings. The first-order valence-electron chi connectivity index (χ1n) is 9.89. The summed E-state index contributed by atoms with van der Waals surface area (Å²) in [6.45, 7) is 2.25. The first kappa shape index (κ1) is 20.6. The molecule has 1 aromatic heterocycles. The minimum Gasteiger partial charge on any atom is -0.486 e. The Labute approximate surface area is 185 Å². The molecule has 0 unspecified atom stereocenters. The molecule has 0 aliphatic carbocycles. The second kappa shape index (κ2) is 9.40. The van der Waals surface area contributed by atoms with Crippen LogP contribution < -0.4 is 10.1 Å². The molecule has 4 aromatic rings. The van der Waals surface area contributed by atoms with Crippen molar-refractivity contribution in [2.75, 3.05) is 5.32 Å². The second-order valence-corrected chi connectivity index (χ2v) is 7.41. The maximum Gasteiger partial charge on any atom is 0.246 e. The van der Waals surface area contributed by atoms with Crippen molar-refractivity contribution in [3.05, 3.63) is 101 Å². The van der Waals surface area contributed by atoms with E-state index in [1.54, 1.807) is 0 Å². The van der Waals surface area contributed by atoms with Crippen LogP contribution in [0.25, 0.3) is 5.69 Å². The SMILES string of the molecule is Cc1ccc(-n2c(COc3ccccc3)nn(CC(=O)Nc3ccccc3)c2=S)cc1. The quantitative estimate of drug-likeness (QED) is 0.423. The highest BCUT2D eigenvalue weighted by Gasteiger charge is 2.15. The number of hydrogen-bond donors (Lipinski definition) is 1. The first-order chi connectivity index (χ1) is 15.1. The van der Waals surface area contributed by atoms with Gasteiger partial charge in [-0.15, -0.1) is 0 Å². The number of rotatable bonds is 7. The van der Waals surface area contributed by atoms with Crippen LogP contribution in [0.2, 0.25) is 0 Å². The Morgan fingerprint density at radius 2 is 1.61 bits per heavy atom. The minimum atomic E-state index is -0.202. The lowest BCUT2D eigenvalue weighted by Gasteiger charge is -2.08. The summed E-state index contributed by atoms with van der Waals surface area (Å²) in [4.78, 5) is 12.6.